The molecule has 1 amide bonds. The summed E-state index contributed by atoms with van der Waals surface area (Å²) in [6, 6.07) is 14.8. The van der Waals surface area contributed by atoms with Crippen LogP contribution in [0.3, 0.4) is 0 Å². The number of amides is 1. The molecule has 1 atom stereocenters. The summed E-state index contributed by atoms with van der Waals surface area (Å²) in [5.74, 6) is -0.139. The lowest BCUT2D eigenvalue weighted by Crippen LogP contribution is -2.31. The van der Waals surface area contributed by atoms with Gasteiger partial charge in [-0.1, -0.05) is 42.0 Å². The smallest absolute Gasteiger partial charge is 0.226 e. The van der Waals surface area contributed by atoms with Crippen molar-refractivity contribution < 1.29 is 13.9 Å². The minimum atomic E-state index is -0.399. The van der Waals surface area contributed by atoms with Gasteiger partial charge in [0.1, 0.15) is 0 Å². The molecule has 0 radical (unpaired) electrons. The van der Waals surface area contributed by atoms with Crippen LogP contribution in [0, 0.1) is 12.7 Å². The molecule has 2 aromatic carbocycles. The number of carbonyl (C=O) groups is 1. The van der Waals surface area contributed by atoms with E-state index in [9.17, 15) is 9.18 Å². The number of carbonyl (C=O) groups excluding carboxylic acids is 1. The number of rotatable bonds is 5. The number of hydrogen-bond acceptors (Lipinski definition) is 2. The fourth-order valence-corrected chi connectivity index (χ4v) is 3.15. The van der Waals surface area contributed by atoms with Crippen molar-refractivity contribution in [3.8, 4) is 5.75 Å². The van der Waals surface area contributed by atoms with E-state index in [1.54, 1.807) is 18.2 Å². The Morgan fingerprint density at radius 1 is 1.21 bits per heavy atom. The highest BCUT2D eigenvalue weighted by molar-refractivity contribution is 5.77. The number of likely N-dealkylation sites (tertiary alicyclic amines) is 1. The monoisotopic (exact) mass is 327 g/mol. The first-order chi connectivity index (χ1) is 11.6. The predicted molar refractivity (Wildman–Crippen MR) is 91.4 cm³/mol. The van der Waals surface area contributed by atoms with Crippen LogP contribution in [0.25, 0.3) is 0 Å². The Morgan fingerprint density at radius 2 is 1.96 bits per heavy atom. The molecule has 4 heteroatoms. The van der Waals surface area contributed by atoms with Gasteiger partial charge in [0.05, 0.1) is 19.1 Å². The minimum Gasteiger partial charge on any atom is -0.490 e. The maximum absolute atomic E-state index is 13.5. The van der Waals surface area contributed by atoms with Crippen molar-refractivity contribution in [2.24, 2.45) is 0 Å². The molecule has 0 aliphatic carbocycles. The molecular formula is C20H22FNO2. The Hall–Kier alpha value is -2.36. The third kappa shape index (κ3) is 3.75. The van der Waals surface area contributed by atoms with Crippen LogP contribution < -0.4 is 4.74 Å². The highest BCUT2D eigenvalue weighted by Crippen LogP contribution is 2.32. The molecule has 1 unspecified atom stereocenters. The molecule has 1 saturated heterocycles. The lowest BCUT2D eigenvalue weighted by atomic mass is 10.0. The van der Waals surface area contributed by atoms with Crippen molar-refractivity contribution in [1.82, 2.24) is 4.90 Å². The van der Waals surface area contributed by atoms with E-state index in [0.29, 0.717) is 0 Å². The molecule has 1 heterocycles. The number of ether oxygens (including phenoxy) is 1. The van der Waals surface area contributed by atoms with Crippen LogP contribution in [0.2, 0.25) is 0 Å². The molecule has 3 nitrogen and oxygen atoms in total. The van der Waals surface area contributed by atoms with E-state index in [-0.39, 0.29) is 30.7 Å². The molecule has 3 rings (SSSR count). The summed E-state index contributed by atoms with van der Waals surface area (Å²) in [7, 11) is 0. The zero-order valence-corrected chi connectivity index (χ0v) is 13.9. The van der Waals surface area contributed by atoms with Gasteiger partial charge in [-0.2, -0.15) is 0 Å². The normalized spacial score (nSPS) is 17.1. The van der Waals surface area contributed by atoms with E-state index >= 15 is 0 Å². The van der Waals surface area contributed by atoms with Gasteiger partial charge in [0.15, 0.2) is 11.6 Å². The molecule has 1 fully saturated rings. The average molecular weight is 327 g/mol. The van der Waals surface area contributed by atoms with Crippen LogP contribution in [0.1, 0.15) is 36.4 Å². The van der Waals surface area contributed by atoms with Gasteiger partial charge in [0.25, 0.3) is 0 Å². The van der Waals surface area contributed by atoms with Crippen LogP contribution >= 0.6 is 0 Å². The molecule has 0 bridgehead atoms. The van der Waals surface area contributed by atoms with Crippen LogP contribution in [0.15, 0.2) is 48.5 Å². The third-order valence-electron chi connectivity index (χ3n) is 4.45. The maximum atomic E-state index is 13.5. The Bertz CT molecular complexity index is 699. The van der Waals surface area contributed by atoms with E-state index in [4.69, 9.17) is 4.74 Å². The Balaban J connectivity index is 1.58. The molecule has 1 aliphatic rings. The highest BCUT2D eigenvalue weighted by Gasteiger charge is 2.29. The second-order valence-electron chi connectivity index (χ2n) is 6.18. The highest BCUT2D eigenvalue weighted by atomic mass is 19.1. The summed E-state index contributed by atoms with van der Waals surface area (Å²) in [5.41, 5.74) is 2.40. The number of para-hydroxylation sites is 1. The van der Waals surface area contributed by atoms with Crippen LogP contribution in [-0.4, -0.2) is 24.0 Å². The molecule has 0 spiro atoms. The van der Waals surface area contributed by atoms with Crippen molar-refractivity contribution in [2.75, 3.05) is 13.2 Å². The number of hydrogen-bond donors (Lipinski definition) is 0. The first kappa shape index (κ1) is 16.5. The van der Waals surface area contributed by atoms with E-state index in [1.807, 2.05) is 4.90 Å². The standard InChI is InChI=1S/C20H22FNO2/c1-15-8-10-16(11-9-15)18-6-4-13-22(18)20(23)12-14-24-19-7-3-2-5-17(19)21/h2-3,5,7-11,18H,4,6,12-14H2,1H3. The van der Waals surface area contributed by atoms with Gasteiger partial charge in [0.2, 0.25) is 5.91 Å². The summed E-state index contributed by atoms with van der Waals surface area (Å²) in [5, 5.41) is 0. The van der Waals surface area contributed by atoms with Crippen molar-refractivity contribution in [3.05, 3.63) is 65.5 Å². The Labute approximate surface area is 142 Å². The molecule has 24 heavy (non-hydrogen) atoms. The van der Waals surface area contributed by atoms with Gasteiger partial charge in [-0.05, 0) is 37.5 Å². The molecule has 0 N–H and O–H groups in total. The zero-order valence-electron chi connectivity index (χ0n) is 13.9. The largest absolute Gasteiger partial charge is 0.490 e. The number of nitrogens with zero attached hydrogens (tertiary/aromatic N) is 1. The first-order valence-electron chi connectivity index (χ1n) is 8.38. The van der Waals surface area contributed by atoms with Gasteiger partial charge in [0, 0.05) is 6.54 Å². The van der Waals surface area contributed by atoms with Gasteiger partial charge in [-0.3, -0.25) is 4.79 Å². The first-order valence-corrected chi connectivity index (χ1v) is 8.38. The van der Waals surface area contributed by atoms with E-state index in [0.717, 1.165) is 19.4 Å². The summed E-state index contributed by atoms with van der Waals surface area (Å²) < 4.78 is 18.9. The van der Waals surface area contributed by atoms with Crippen LogP contribution in [0.5, 0.6) is 5.75 Å². The Kier molecular flexibility index (Phi) is 5.14. The van der Waals surface area contributed by atoms with E-state index in [2.05, 4.69) is 31.2 Å². The van der Waals surface area contributed by atoms with Crippen LogP contribution in [-0.2, 0) is 4.79 Å². The molecular weight excluding hydrogens is 305 g/mol. The average Bonchev–Trinajstić information content (AvgIpc) is 3.07. The van der Waals surface area contributed by atoms with Crippen molar-refractivity contribution in [2.45, 2.75) is 32.2 Å². The quantitative estimate of drug-likeness (QED) is 0.821. The Morgan fingerprint density at radius 3 is 2.71 bits per heavy atom. The van der Waals surface area contributed by atoms with E-state index < -0.39 is 5.82 Å². The van der Waals surface area contributed by atoms with Crippen molar-refractivity contribution >= 4 is 5.91 Å². The molecule has 126 valence electrons. The summed E-state index contributed by atoms with van der Waals surface area (Å²) in [4.78, 5) is 14.4. The molecule has 2 aromatic rings. The third-order valence-corrected chi connectivity index (χ3v) is 4.45. The van der Waals surface area contributed by atoms with Crippen molar-refractivity contribution in [1.29, 1.82) is 0 Å². The minimum absolute atomic E-state index is 0.0643. The van der Waals surface area contributed by atoms with Gasteiger partial charge < -0.3 is 9.64 Å². The number of aryl methyl sites for hydroxylation is 1. The van der Waals surface area contributed by atoms with E-state index in [1.165, 1.54) is 17.2 Å². The SMILES string of the molecule is Cc1ccc(C2CCCN2C(=O)CCOc2ccccc2F)cc1. The summed E-state index contributed by atoms with van der Waals surface area (Å²) in [6.07, 6.45) is 2.26. The van der Waals surface area contributed by atoms with Crippen molar-refractivity contribution in [3.63, 3.8) is 0 Å². The lowest BCUT2D eigenvalue weighted by molar-refractivity contribution is -0.132. The fourth-order valence-electron chi connectivity index (χ4n) is 3.15. The number of halogens is 1. The zero-order chi connectivity index (χ0) is 16.9. The maximum Gasteiger partial charge on any atom is 0.226 e. The second kappa shape index (κ2) is 7.47. The summed E-state index contributed by atoms with van der Waals surface area (Å²) in [6.45, 7) is 3.02. The van der Waals surface area contributed by atoms with Gasteiger partial charge in [-0.15, -0.1) is 0 Å². The predicted octanol–water partition coefficient (Wildman–Crippen LogP) is 4.27. The molecule has 0 saturated carbocycles. The van der Waals surface area contributed by atoms with Gasteiger partial charge >= 0.3 is 0 Å². The van der Waals surface area contributed by atoms with Crippen LogP contribution in [0.4, 0.5) is 4.39 Å². The summed E-state index contributed by atoms with van der Waals surface area (Å²) >= 11 is 0. The molecule has 1 aliphatic heterocycles. The number of benzene rings is 2. The second-order valence-corrected chi connectivity index (χ2v) is 6.18. The molecule has 0 aromatic heterocycles. The lowest BCUT2D eigenvalue weighted by Gasteiger charge is -2.25. The van der Waals surface area contributed by atoms with Gasteiger partial charge in [-0.25, -0.2) is 4.39 Å². The topological polar surface area (TPSA) is 29.5 Å². The fraction of sp³-hybridized carbons (Fsp3) is 0.350.